The first-order chi connectivity index (χ1) is 6.52. The molecule has 0 unspecified atom stereocenters. The summed E-state index contributed by atoms with van der Waals surface area (Å²) in [5.74, 6) is -0.428. The maximum absolute atomic E-state index is 11.3. The summed E-state index contributed by atoms with van der Waals surface area (Å²) < 4.78 is 0. The number of carbonyl (C=O) groups excluding carboxylic acids is 3. The van der Waals surface area contributed by atoms with E-state index in [4.69, 9.17) is 0 Å². The third-order valence-corrected chi connectivity index (χ3v) is 2.24. The summed E-state index contributed by atoms with van der Waals surface area (Å²) in [7, 11) is 0. The Balaban J connectivity index is 0.00000196. The van der Waals surface area contributed by atoms with Crippen LogP contribution in [-0.4, -0.2) is 29.0 Å². The smallest absolute Gasteiger partial charge is 0.311 e. The molecule has 0 aliphatic carbocycles. The van der Waals surface area contributed by atoms with Crippen LogP contribution in [-0.2, 0) is 14.4 Å². The molecule has 2 amide bonds. The summed E-state index contributed by atoms with van der Waals surface area (Å²) in [6.45, 7) is 3.84. The summed E-state index contributed by atoms with van der Waals surface area (Å²) in [5.41, 5.74) is 0. The first-order valence-corrected chi connectivity index (χ1v) is 4.72. The van der Waals surface area contributed by atoms with E-state index in [9.17, 15) is 14.4 Å². The maximum Gasteiger partial charge on any atom is 1.00 e. The van der Waals surface area contributed by atoms with Crippen LogP contribution in [0.1, 0.15) is 26.7 Å². The number of hydrogen-bond acceptors (Lipinski definition) is 3. The van der Waals surface area contributed by atoms with Gasteiger partial charge in [0.15, 0.2) is 5.91 Å². The van der Waals surface area contributed by atoms with Crippen molar-refractivity contribution >= 4 is 17.6 Å². The van der Waals surface area contributed by atoms with Gasteiger partial charge in [-0.05, 0) is 0 Å². The zero-order chi connectivity index (χ0) is 10.7. The average molecular weight is 235 g/mol. The molecule has 1 aliphatic heterocycles. The second-order valence-electron chi connectivity index (χ2n) is 3.66. The Morgan fingerprint density at radius 1 is 1.47 bits per heavy atom. The number of rotatable bonds is 4. The summed E-state index contributed by atoms with van der Waals surface area (Å²) in [6.07, 6.45) is 1.79. The van der Waals surface area contributed by atoms with Gasteiger partial charge < -0.3 is 9.69 Å². The molecule has 0 radical (unpaired) electrons. The molecule has 0 spiro atoms. The summed E-state index contributed by atoms with van der Waals surface area (Å²) in [6, 6.07) is 0. The van der Waals surface area contributed by atoms with Crippen molar-refractivity contribution in [2.75, 3.05) is 6.54 Å². The van der Waals surface area contributed by atoms with Crippen LogP contribution >= 0.6 is 0 Å². The van der Waals surface area contributed by atoms with E-state index in [0.717, 1.165) is 4.90 Å². The van der Waals surface area contributed by atoms with E-state index in [0.29, 0.717) is 0 Å². The second-order valence-corrected chi connectivity index (χ2v) is 3.66. The Morgan fingerprint density at radius 3 is 2.47 bits per heavy atom. The van der Waals surface area contributed by atoms with Crippen molar-refractivity contribution < 1.29 is 65.8 Å². The van der Waals surface area contributed by atoms with Crippen molar-refractivity contribution in [2.24, 2.45) is 5.92 Å². The Bertz CT molecular complexity index is 260. The van der Waals surface area contributed by atoms with Crippen molar-refractivity contribution in [1.82, 2.24) is 4.90 Å². The van der Waals surface area contributed by atoms with Gasteiger partial charge in [-0.25, -0.2) is 0 Å². The van der Waals surface area contributed by atoms with Crippen LogP contribution in [0.3, 0.4) is 0 Å². The fourth-order valence-corrected chi connectivity index (χ4v) is 1.26. The number of hydrogen-bond donors (Lipinski definition) is 0. The van der Waals surface area contributed by atoms with Gasteiger partial charge in [0.2, 0.25) is 0 Å². The quantitative estimate of drug-likeness (QED) is 0.309. The van der Waals surface area contributed by atoms with Crippen molar-refractivity contribution in [2.45, 2.75) is 26.7 Å². The van der Waals surface area contributed by atoms with Crippen LogP contribution < -0.4 is 51.4 Å². The predicted molar refractivity (Wildman–Crippen MR) is 50.1 cm³/mol. The van der Waals surface area contributed by atoms with Crippen LogP contribution in [0, 0.1) is 12.3 Å². The predicted octanol–water partition coefficient (Wildman–Crippen LogP) is -2.43. The maximum atomic E-state index is 11.3. The molecule has 5 heteroatoms. The van der Waals surface area contributed by atoms with Gasteiger partial charge in [-0.3, -0.25) is 16.0 Å². The van der Waals surface area contributed by atoms with Gasteiger partial charge in [-0.15, -0.1) is 0 Å². The van der Waals surface area contributed by atoms with Crippen molar-refractivity contribution in [1.29, 1.82) is 0 Å². The van der Waals surface area contributed by atoms with Gasteiger partial charge in [-0.2, -0.15) is 0 Å². The Hall–Kier alpha value is 0.316. The van der Waals surface area contributed by atoms with Gasteiger partial charge >= 0.3 is 51.4 Å². The van der Waals surface area contributed by atoms with Crippen LogP contribution in [0.2, 0.25) is 0 Å². The number of imide groups is 1. The molecule has 0 aromatic heterocycles. The largest absolute Gasteiger partial charge is 1.00 e. The summed E-state index contributed by atoms with van der Waals surface area (Å²) >= 11 is 0. The normalized spacial score (nSPS) is 15.3. The van der Waals surface area contributed by atoms with E-state index < -0.39 is 0 Å². The summed E-state index contributed by atoms with van der Waals surface area (Å²) in [5, 5.41) is 0. The molecule has 1 rings (SSSR count). The molecule has 0 aromatic rings. The Labute approximate surface area is 132 Å². The molecule has 0 N–H and O–H groups in total. The Morgan fingerprint density at radius 2 is 2.07 bits per heavy atom. The van der Waals surface area contributed by atoms with E-state index in [1.54, 1.807) is 0 Å². The monoisotopic (exact) mass is 235 g/mol. The minimum absolute atomic E-state index is 0. The number of Topliss-reactive ketones (excluding diaryl/α,β-unsaturated/α-hetero) is 1. The van der Waals surface area contributed by atoms with Crippen LogP contribution in [0.15, 0.2) is 0 Å². The topological polar surface area (TPSA) is 54.5 Å². The Kier molecular flexibility index (Phi) is 6.95. The van der Waals surface area contributed by atoms with E-state index in [2.05, 4.69) is 0 Å². The van der Waals surface area contributed by atoms with E-state index in [-0.39, 0.29) is 94.3 Å². The molecule has 0 atom stereocenters. The first-order valence-electron chi connectivity index (χ1n) is 4.72. The van der Waals surface area contributed by atoms with Crippen molar-refractivity contribution in [3.8, 4) is 0 Å². The van der Waals surface area contributed by atoms with Crippen molar-refractivity contribution in [3.63, 3.8) is 0 Å². The molecule has 0 bridgehead atoms. The van der Waals surface area contributed by atoms with Gasteiger partial charge in [0.05, 0.1) is 5.91 Å². The molecular formula is C10H14KNO3. The molecule has 1 fully saturated rings. The minimum Gasteiger partial charge on any atom is -0.311 e. The van der Waals surface area contributed by atoms with Gasteiger partial charge in [0.1, 0.15) is 5.78 Å². The number of nitrogens with zero attached hydrogens (tertiary/aromatic N) is 1. The van der Waals surface area contributed by atoms with E-state index >= 15 is 0 Å². The van der Waals surface area contributed by atoms with Crippen LogP contribution in [0.25, 0.3) is 0 Å². The van der Waals surface area contributed by atoms with Crippen LogP contribution in [0.4, 0.5) is 0 Å². The molecule has 1 heterocycles. The number of amides is 2. The molecule has 4 nitrogen and oxygen atoms in total. The number of ketones is 1. The molecule has 78 valence electrons. The van der Waals surface area contributed by atoms with Gasteiger partial charge in [-0.1, -0.05) is 20.3 Å². The molecular weight excluding hydrogens is 221 g/mol. The van der Waals surface area contributed by atoms with Gasteiger partial charge in [0, 0.05) is 18.9 Å². The molecule has 0 saturated carbocycles. The van der Waals surface area contributed by atoms with E-state index in [1.807, 2.05) is 13.8 Å². The molecule has 1 saturated heterocycles. The molecule has 15 heavy (non-hydrogen) atoms. The standard InChI is InChI=1S/C10H14NO3.K/c1-7(2)8(12)5-6-11-9(13)3-4-10(11)14;/h3,7H,4-6H2,1-2H3;/q-1;+1. The zero-order valence-corrected chi connectivity index (χ0v) is 12.6. The second kappa shape index (κ2) is 6.80. The third kappa shape index (κ3) is 4.36. The molecule has 1 aliphatic rings. The average Bonchev–Trinajstić information content (AvgIpc) is 2.43. The van der Waals surface area contributed by atoms with Gasteiger partial charge in [0.25, 0.3) is 0 Å². The molecule has 0 aromatic carbocycles. The number of carbonyl (C=O) groups is 3. The third-order valence-electron chi connectivity index (χ3n) is 2.24. The van der Waals surface area contributed by atoms with Crippen molar-refractivity contribution in [3.05, 3.63) is 6.42 Å². The first kappa shape index (κ1) is 15.3. The van der Waals surface area contributed by atoms with E-state index in [1.165, 1.54) is 6.42 Å². The fraction of sp³-hybridized carbons (Fsp3) is 0.600. The number of likely N-dealkylation sites (tertiary alicyclic amines) is 1. The van der Waals surface area contributed by atoms with Crippen LogP contribution in [0.5, 0.6) is 0 Å². The summed E-state index contributed by atoms with van der Waals surface area (Å²) in [4.78, 5) is 34.6. The zero-order valence-electron chi connectivity index (χ0n) is 9.45. The fourth-order valence-electron chi connectivity index (χ4n) is 1.26. The SMILES string of the molecule is CC(C)C(=O)CCN1C(=O)[CH-]CC1=O.[K+]. The minimum atomic E-state index is -0.272.